The number of aliphatic carboxylic acids is 1. The van der Waals surface area contributed by atoms with Crippen molar-refractivity contribution in [2.24, 2.45) is 0 Å². The van der Waals surface area contributed by atoms with Gasteiger partial charge in [-0.15, -0.1) is 0 Å². The first-order valence-electron chi connectivity index (χ1n) is 8.13. The molecule has 2 fully saturated rings. The van der Waals surface area contributed by atoms with Gasteiger partial charge in [-0.2, -0.15) is 0 Å². The van der Waals surface area contributed by atoms with Gasteiger partial charge in [0.1, 0.15) is 55.4 Å². The van der Waals surface area contributed by atoms with E-state index in [4.69, 9.17) is 29.2 Å². The summed E-state index contributed by atoms with van der Waals surface area (Å²) >= 11 is 0. The number of ether oxygens (including phenoxy) is 4. The zero-order chi connectivity index (χ0) is 20.3. The number of aliphatic hydroxyl groups excluding tert-OH is 7. The van der Waals surface area contributed by atoms with Crippen LogP contribution in [0.15, 0.2) is 0 Å². The van der Waals surface area contributed by atoms with Gasteiger partial charge in [-0.3, -0.25) is 0 Å². The van der Waals surface area contributed by atoms with Crippen LogP contribution in [0.2, 0.25) is 0 Å². The van der Waals surface area contributed by atoms with Crippen LogP contribution < -0.4 is 0 Å². The van der Waals surface area contributed by atoms with E-state index in [0.29, 0.717) is 0 Å². The first-order valence-corrected chi connectivity index (χ1v) is 8.13. The minimum atomic E-state index is -1.78. The molecule has 0 aromatic carbocycles. The topological polar surface area (TPSA) is 216 Å². The van der Waals surface area contributed by atoms with Crippen molar-refractivity contribution in [3.05, 3.63) is 0 Å². The number of hydrogen-bond donors (Lipinski definition) is 8. The van der Waals surface area contributed by atoms with Gasteiger partial charge in [-0.05, 0) is 0 Å². The molecule has 0 radical (unpaired) electrons. The number of carbonyl (C=O) groups is 1. The lowest BCUT2D eigenvalue weighted by Gasteiger charge is -2.45. The first kappa shape index (κ1) is 22.3. The van der Waals surface area contributed by atoms with E-state index < -0.39 is 87.2 Å². The SMILES string of the molecule is O=C(O)COC1C(O)[C@H](O[C@H]2OC(CO)[C@@H](O)C(O)C2O)OC(CO)[C@@H]1O. The highest BCUT2D eigenvalue weighted by Crippen LogP contribution is 2.29. The van der Waals surface area contributed by atoms with Crippen molar-refractivity contribution in [2.45, 2.75) is 61.4 Å². The molecule has 6 unspecified atom stereocenters. The third-order valence-electron chi connectivity index (χ3n) is 4.34. The van der Waals surface area contributed by atoms with Crippen LogP contribution in [-0.2, 0) is 23.7 Å². The van der Waals surface area contributed by atoms with Crippen LogP contribution in [0.4, 0.5) is 0 Å². The quantitative estimate of drug-likeness (QED) is 0.201. The monoisotopic (exact) mass is 400 g/mol. The zero-order valence-electron chi connectivity index (χ0n) is 14.0. The maximum Gasteiger partial charge on any atom is 0.329 e. The molecule has 10 atom stereocenters. The van der Waals surface area contributed by atoms with Crippen molar-refractivity contribution in [1.29, 1.82) is 0 Å². The van der Waals surface area contributed by atoms with Gasteiger partial charge in [0.2, 0.25) is 0 Å². The molecule has 0 spiro atoms. The average molecular weight is 400 g/mol. The minimum Gasteiger partial charge on any atom is -0.480 e. The zero-order valence-corrected chi connectivity index (χ0v) is 14.0. The number of carboxylic acid groups (broad SMARTS) is 1. The van der Waals surface area contributed by atoms with Gasteiger partial charge < -0.3 is 59.8 Å². The van der Waals surface area contributed by atoms with E-state index in [1.54, 1.807) is 0 Å². The molecule has 0 bridgehead atoms. The molecule has 2 rings (SSSR count). The Morgan fingerprint density at radius 2 is 1.30 bits per heavy atom. The fourth-order valence-electron chi connectivity index (χ4n) is 2.84. The lowest BCUT2D eigenvalue weighted by atomic mass is 9.98. The highest BCUT2D eigenvalue weighted by molar-refractivity contribution is 5.68. The van der Waals surface area contributed by atoms with Crippen molar-refractivity contribution < 1.29 is 64.6 Å². The van der Waals surface area contributed by atoms with Crippen molar-refractivity contribution in [3.8, 4) is 0 Å². The molecule has 13 heteroatoms. The van der Waals surface area contributed by atoms with Gasteiger partial charge in [0.15, 0.2) is 12.6 Å². The van der Waals surface area contributed by atoms with E-state index in [9.17, 15) is 35.4 Å². The second-order valence-corrected chi connectivity index (χ2v) is 6.21. The van der Waals surface area contributed by atoms with E-state index in [1.807, 2.05) is 0 Å². The van der Waals surface area contributed by atoms with Crippen LogP contribution in [0.5, 0.6) is 0 Å². The highest BCUT2D eigenvalue weighted by atomic mass is 16.8. The summed E-state index contributed by atoms with van der Waals surface area (Å²) in [4.78, 5) is 10.7. The molecule has 2 saturated heterocycles. The first-order chi connectivity index (χ1) is 12.7. The maximum absolute atomic E-state index is 10.7. The van der Waals surface area contributed by atoms with Crippen molar-refractivity contribution >= 4 is 5.97 Å². The smallest absolute Gasteiger partial charge is 0.329 e. The third kappa shape index (κ3) is 4.90. The Kier molecular flexibility index (Phi) is 7.84. The maximum atomic E-state index is 10.7. The fraction of sp³-hybridized carbons (Fsp3) is 0.929. The number of aliphatic hydroxyl groups is 7. The Morgan fingerprint density at radius 3 is 1.81 bits per heavy atom. The molecule has 8 N–H and O–H groups in total. The average Bonchev–Trinajstić information content (AvgIpc) is 2.63. The van der Waals surface area contributed by atoms with E-state index in [2.05, 4.69) is 0 Å². The van der Waals surface area contributed by atoms with E-state index in [0.717, 1.165) is 0 Å². The second-order valence-electron chi connectivity index (χ2n) is 6.21. The summed E-state index contributed by atoms with van der Waals surface area (Å²) < 4.78 is 20.5. The van der Waals surface area contributed by atoms with Crippen LogP contribution in [0.25, 0.3) is 0 Å². The van der Waals surface area contributed by atoms with Gasteiger partial charge in [-0.25, -0.2) is 4.79 Å². The Bertz CT molecular complexity index is 488. The summed E-state index contributed by atoms with van der Waals surface area (Å²) in [5.41, 5.74) is 0. The molecule has 27 heavy (non-hydrogen) atoms. The molecular weight excluding hydrogens is 376 g/mol. The molecular formula is C14H24O13. The summed E-state index contributed by atoms with van der Waals surface area (Å²) in [5, 5.41) is 76.9. The molecule has 158 valence electrons. The minimum absolute atomic E-state index is 0.707. The lowest BCUT2D eigenvalue weighted by Crippen LogP contribution is -2.64. The standard InChI is InChI=1S/C14H24O13/c15-1-4-7(19)9(21)10(22)13(25-4)27-14-11(23)12(24-3-6(17)18)8(20)5(2-16)26-14/h4-5,7-16,19-23H,1-3H2,(H,17,18)/t4?,5?,7-,8+,9?,10?,11?,12?,13-,14+/m1/s1. The van der Waals surface area contributed by atoms with Crippen molar-refractivity contribution in [1.82, 2.24) is 0 Å². The number of hydrogen-bond acceptors (Lipinski definition) is 12. The van der Waals surface area contributed by atoms with Crippen molar-refractivity contribution in [2.75, 3.05) is 19.8 Å². The summed E-state index contributed by atoms with van der Waals surface area (Å²) in [6.45, 7) is -2.29. The Morgan fingerprint density at radius 1 is 0.778 bits per heavy atom. The van der Waals surface area contributed by atoms with Gasteiger partial charge in [0.05, 0.1) is 13.2 Å². The van der Waals surface area contributed by atoms with Crippen molar-refractivity contribution in [3.63, 3.8) is 0 Å². The molecule has 0 saturated carbocycles. The third-order valence-corrected chi connectivity index (χ3v) is 4.34. The van der Waals surface area contributed by atoms with Gasteiger partial charge in [0.25, 0.3) is 0 Å². The lowest BCUT2D eigenvalue weighted by molar-refractivity contribution is -0.378. The van der Waals surface area contributed by atoms with E-state index >= 15 is 0 Å². The normalized spacial score (nSPS) is 45.6. The van der Waals surface area contributed by atoms with Gasteiger partial charge in [0, 0.05) is 0 Å². The molecule has 0 aromatic heterocycles. The molecule has 0 aromatic rings. The molecule has 13 nitrogen and oxygen atoms in total. The van der Waals surface area contributed by atoms with Crippen LogP contribution in [0.1, 0.15) is 0 Å². The molecule has 0 aliphatic carbocycles. The van der Waals surface area contributed by atoms with Crippen LogP contribution in [-0.4, -0.2) is 128 Å². The fourth-order valence-corrected chi connectivity index (χ4v) is 2.84. The summed E-state index contributed by atoms with van der Waals surface area (Å²) in [6, 6.07) is 0. The number of rotatable bonds is 7. The Hall–Kier alpha value is -0.970. The highest BCUT2D eigenvalue weighted by Gasteiger charge is 2.50. The predicted octanol–water partition coefficient (Wildman–Crippen LogP) is -5.29. The van der Waals surface area contributed by atoms with Gasteiger partial charge >= 0.3 is 5.97 Å². The summed E-state index contributed by atoms with van der Waals surface area (Å²) in [6.07, 6.45) is -15.9. The molecule has 0 amide bonds. The number of carboxylic acids is 1. The predicted molar refractivity (Wildman–Crippen MR) is 80.0 cm³/mol. The second kappa shape index (κ2) is 9.49. The molecule has 2 heterocycles. The van der Waals surface area contributed by atoms with E-state index in [-0.39, 0.29) is 0 Å². The largest absolute Gasteiger partial charge is 0.480 e. The van der Waals surface area contributed by atoms with Crippen LogP contribution in [0.3, 0.4) is 0 Å². The van der Waals surface area contributed by atoms with Crippen LogP contribution >= 0.6 is 0 Å². The summed E-state index contributed by atoms with van der Waals surface area (Å²) in [5.74, 6) is -1.37. The van der Waals surface area contributed by atoms with Gasteiger partial charge in [-0.1, -0.05) is 0 Å². The Labute approximate surface area is 152 Å². The molecule has 2 aliphatic heterocycles. The Balaban J connectivity index is 2.12. The van der Waals surface area contributed by atoms with E-state index in [1.165, 1.54) is 0 Å². The summed E-state index contributed by atoms with van der Waals surface area (Å²) in [7, 11) is 0. The molecule has 2 aliphatic rings. The van der Waals surface area contributed by atoms with Crippen LogP contribution in [0, 0.1) is 0 Å².